The van der Waals surface area contributed by atoms with Gasteiger partial charge in [-0.3, -0.25) is 14.5 Å². The summed E-state index contributed by atoms with van der Waals surface area (Å²) in [5.74, 6) is -1.28. The molecule has 0 saturated carbocycles. The number of amides is 3. The van der Waals surface area contributed by atoms with Crippen LogP contribution < -0.4 is 5.73 Å². The highest BCUT2D eigenvalue weighted by atomic mass is 19.1. The highest BCUT2D eigenvalue weighted by molar-refractivity contribution is 5.85. The first-order valence-electron chi connectivity index (χ1n) is 9.20. The fourth-order valence-electron chi connectivity index (χ4n) is 3.24. The fourth-order valence-corrected chi connectivity index (χ4v) is 3.24. The monoisotopic (exact) mass is 399 g/mol. The highest BCUT2D eigenvalue weighted by Crippen LogP contribution is 2.19. The van der Waals surface area contributed by atoms with Gasteiger partial charge < -0.3 is 15.4 Å². The summed E-state index contributed by atoms with van der Waals surface area (Å²) in [6.45, 7) is 0.252. The van der Waals surface area contributed by atoms with E-state index in [1.165, 1.54) is 21.9 Å². The quantitative estimate of drug-likeness (QED) is 0.805. The van der Waals surface area contributed by atoms with Gasteiger partial charge in [-0.2, -0.15) is 0 Å². The van der Waals surface area contributed by atoms with Crippen molar-refractivity contribution in [3.05, 3.63) is 71.5 Å². The first kappa shape index (κ1) is 20.3. The van der Waals surface area contributed by atoms with Crippen LogP contribution in [0.1, 0.15) is 17.5 Å². The zero-order chi connectivity index (χ0) is 20.8. The molecule has 0 spiro atoms. The van der Waals surface area contributed by atoms with E-state index in [1.54, 1.807) is 12.1 Å². The lowest BCUT2D eigenvalue weighted by Gasteiger charge is -2.40. The number of hydrogen-bond acceptors (Lipinski definition) is 4. The van der Waals surface area contributed by atoms with Crippen molar-refractivity contribution in [2.45, 2.75) is 25.6 Å². The maximum Gasteiger partial charge on any atom is 0.410 e. The van der Waals surface area contributed by atoms with Crippen LogP contribution in [-0.4, -0.2) is 46.8 Å². The molecule has 29 heavy (non-hydrogen) atoms. The summed E-state index contributed by atoms with van der Waals surface area (Å²) in [4.78, 5) is 39.4. The molecule has 2 aromatic carbocycles. The van der Waals surface area contributed by atoms with Gasteiger partial charge in [-0.15, -0.1) is 0 Å². The van der Waals surface area contributed by atoms with E-state index in [2.05, 4.69) is 0 Å². The Morgan fingerprint density at radius 2 is 1.76 bits per heavy atom. The zero-order valence-corrected chi connectivity index (χ0v) is 15.8. The lowest BCUT2D eigenvalue weighted by Crippen LogP contribution is -2.58. The number of benzene rings is 2. The number of ether oxygens (including phenoxy) is 1. The summed E-state index contributed by atoms with van der Waals surface area (Å²) in [6.07, 6.45) is -0.715. The molecule has 1 aliphatic heterocycles. The van der Waals surface area contributed by atoms with Crippen molar-refractivity contribution in [2.24, 2.45) is 5.73 Å². The van der Waals surface area contributed by atoms with Crippen LogP contribution in [0, 0.1) is 5.82 Å². The maximum absolute atomic E-state index is 13.1. The van der Waals surface area contributed by atoms with Crippen LogP contribution in [0.3, 0.4) is 0 Å². The van der Waals surface area contributed by atoms with Crippen molar-refractivity contribution < 1.29 is 23.5 Å². The molecule has 2 aromatic rings. The molecule has 0 radical (unpaired) electrons. The van der Waals surface area contributed by atoms with Gasteiger partial charge in [0.1, 0.15) is 19.0 Å². The average Bonchev–Trinajstić information content (AvgIpc) is 2.70. The van der Waals surface area contributed by atoms with E-state index in [4.69, 9.17) is 10.5 Å². The van der Waals surface area contributed by atoms with Crippen LogP contribution >= 0.6 is 0 Å². The molecule has 3 amide bonds. The molecule has 1 fully saturated rings. The molecule has 1 unspecified atom stereocenters. The molecule has 2 N–H and O–H groups in total. The lowest BCUT2D eigenvalue weighted by molar-refractivity contribution is -0.141. The van der Waals surface area contributed by atoms with Crippen LogP contribution in [-0.2, 0) is 27.5 Å². The van der Waals surface area contributed by atoms with Gasteiger partial charge in [0.2, 0.25) is 11.8 Å². The van der Waals surface area contributed by atoms with Crippen molar-refractivity contribution >= 4 is 17.9 Å². The second-order valence-corrected chi connectivity index (χ2v) is 6.89. The molecule has 152 valence electrons. The summed E-state index contributed by atoms with van der Waals surface area (Å²) in [5, 5.41) is 0. The number of carbonyl (C=O) groups excluding carboxylic acids is 3. The molecular formula is C21H22FN3O4. The number of primary amides is 1. The molecule has 1 heterocycles. The second-order valence-electron chi connectivity index (χ2n) is 6.89. The number of carbonyl (C=O) groups is 3. The normalized spacial score (nSPS) is 16.6. The van der Waals surface area contributed by atoms with Crippen molar-refractivity contribution in [3.63, 3.8) is 0 Å². The predicted molar refractivity (Wildman–Crippen MR) is 103 cm³/mol. The van der Waals surface area contributed by atoms with Gasteiger partial charge in [0.15, 0.2) is 0 Å². The number of nitrogens with zero attached hydrogens (tertiary/aromatic N) is 2. The van der Waals surface area contributed by atoms with Gasteiger partial charge in [-0.05, 0) is 23.3 Å². The second kappa shape index (κ2) is 9.18. The van der Waals surface area contributed by atoms with E-state index >= 15 is 0 Å². The Morgan fingerprint density at radius 3 is 2.41 bits per heavy atom. The molecule has 7 nitrogen and oxygen atoms in total. The lowest BCUT2D eigenvalue weighted by atomic mass is 10.1. The minimum absolute atomic E-state index is 0.0874. The Bertz CT molecular complexity index is 873. The van der Waals surface area contributed by atoms with E-state index in [0.717, 1.165) is 5.56 Å². The molecular weight excluding hydrogens is 377 g/mol. The summed E-state index contributed by atoms with van der Waals surface area (Å²) >= 11 is 0. The summed E-state index contributed by atoms with van der Waals surface area (Å²) in [5.41, 5.74) is 6.89. The molecule has 0 aliphatic carbocycles. The van der Waals surface area contributed by atoms with Gasteiger partial charge in [-0.1, -0.05) is 42.5 Å². The topological polar surface area (TPSA) is 92.9 Å². The Hall–Kier alpha value is -3.42. The maximum atomic E-state index is 13.1. The van der Waals surface area contributed by atoms with E-state index in [1.807, 2.05) is 30.3 Å². The number of rotatable bonds is 6. The number of nitrogens with two attached hydrogens (primary N) is 1. The van der Waals surface area contributed by atoms with Crippen LogP contribution in [0.5, 0.6) is 0 Å². The van der Waals surface area contributed by atoms with E-state index < -0.39 is 18.0 Å². The van der Waals surface area contributed by atoms with Gasteiger partial charge in [0.25, 0.3) is 0 Å². The Kier molecular flexibility index (Phi) is 6.43. The minimum atomic E-state index is -0.627. The molecule has 3 rings (SSSR count). The smallest absolute Gasteiger partial charge is 0.410 e. The summed E-state index contributed by atoms with van der Waals surface area (Å²) in [7, 11) is 0. The predicted octanol–water partition coefficient (Wildman–Crippen LogP) is 2.05. The third-order valence-electron chi connectivity index (χ3n) is 4.68. The summed E-state index contributed by atoms with van der Waals surface area (Å²) in [6, 6.07) is 14.4. The molecule has 1 saturated heterocycles. The molecule has 1 aliphatic rings. The molecule has 1 atom stereocenters. The van der Waals surface area contributed by atoms with Gasteiger partial charge in [0.05, 0.1) is 6.04 Å². The summed E-state index contributed by atoms with van der Waals surface area (Å²) < 4.78 is 18.4. The Balaban J connectivity index is 1.67. The first-order valence-corrected chi connectivity index (χ1v) is 9.20. The van der Waals surface area contributed by atoms with Crippen LogP contribution in [0.2, 0.25) is 0 Å². The molecule has 8 heteroatoms. The molecule has 0 aromatic heterocycles. The third-order valence-corrected chi connectivity index (χ3v) is 4.68. The van der Waals surface area contributed by atoms with Crippen molar-refractivity contribution in [1.82, 2.24) is 9.80 Å². The zero-order valence-electron chi connectivity index (χ0n) is 15.8. The standard InChI is InChI=1S/C21H22FN3O4/c22-17-8-6-15(7-9-17)11-25-18(10-19(23)26)12-24(13-20(25)27)21(28)29-14-16-4-2-1-3-5-16/h1-9,18H,10-14H2,(H2,23,26). The van der Waals surface area contributed by atoms with Crippen molar-refractivity contribution in [2.75, 3.05) is 13.1 Å². The average molecular weight is 399 g/mol. The van der Waals surface area contributed by atoms with Crippen LogP contribution in [0.15, 0.2) is 54.6 Å². The van der Waals surface area contributed by atoms with Crippen LogP contribution in [0.25, 0.3) is 0 Å². The van der Waals surface area contributed by atoms with E-state index in [9.17, 15) is 18.8 Å². The molecule has 0 bridgehead atoms. The fraction of sp³-hybridized carbons (Fsp3) is 0.286. The number of hydrogen-bond donors (Lipinski definition) is 1. The Morgan fingerprint density at radius 1 is 1.07 bits per heavy atom. The highest BCUT2D eigenvalue weighted by Gasteiger charge is 2.36. The SMILES string of the molecule is NC(=O)CC1CN(C(=O)OCc2ccccc2)CC(=O)N1Cc1ccc(F)cc1. The number of halogens is 1. The Labute approximate surface area is 167 Å². The number of piperazine rings is 1. The minimum Gasteiger partial charge on any atom is -0.445 e. The van der Waals surface area contributed by atoms with E-state index in [0.29, 0.717) is 5.56 Å². The first-order chi connectivity index (χ1) is 13.9. The van der Waals surface area contributed by atoms with E-state index in [-0.39, 0.29) is 44.4 Å². The van der Waals surface area contributed by atoms with Gasteiger partial charge in [0, 0.05) is 19.5 Å². The third kappa shape index (κ3) is 5.54. The van der Waals surface area contributed by atoms with Crippen LogP contribution in [0.4, 0.5) is 9.18 Å². The largest absolute Gasteiger partial charge is 0.445 e. The van der Waals surface area contributed by atoms with Gasteiger partial charge in [-0.25, -0.2) is 9.18 Å². The van der Waals surface area contributed by atoms with Crippen molar-refractivity contribution in [3.8, 4) is 0 Å². The van der Waals surface area contributed by atoms with Gasteiger partial charge >= 0.3 is 6.09 Å². The van der Waals surface area contributed by atoms with Crippen molar-refractivity contribution in [1.29, 1.82) is 0 Å².